The Labute approximate surface area is 165 Å². The minimum absolute atomic E-state index is 0.0262. The molecule has 1 aromatic heterocycles. The molecule has 2 aromatic carbocycles. The van der Waals surface area contributed by atoms with Crippen LogP contribution >= 0.6 is 0 Å². The smallest absolute Gasteiger partial charge is 0.344 e. The van der Waals surface area contributed by atoms with Gasteiger partial charge in [-0.15, -0.1) is 10.2 Å². The molecular formula is C19H17N3O7. The van der Waals surface area contributed by atoms with Gasteiger partial charge in [0.2, 0.25) is 5.89 Å². The second-order valence-electron chi connectivity index (χ2n) is 5.82. The largest absolute Gasteiger partial charge is 0.497 e. The summed E-state index contributed by atoms with van der Waals surface area (Å²) in [4.78, 5) is 22.4. The van der Waals surface area contributed by atoms with Gasteiger partial charge in [-0.1, -0.05) is 12.1 Å². The molecule has 0 bridgehead atoms. The lowest BCUT2D eigenvalue weighted by molar-refractivity contribution is -0.385. The van der Waals surface area contributed by atoms with E-state index >= 15 is 0 Å². The van der Waals surface area contributed by atoms with Crippen molar-refractivity contribution in [2.45, 2.75) is 13.0 Å². The van der Waals surface area contributed by atoms with Crippen molar-refractivity contribution in [3.63, 3.8) is 0 Å². The zero-order valence-electron chi connectivity index (χ0n) is 15.6. The van der Waals surface area contributed by atoms with Gasteiger partial charge in [0.25, 0.3) is 5.89 Å². The topological polar surface area (TPSA) is 127 Å². The van der Waals surface area contributed by atoms with Crippen molar-refractivity contribution in [1.82, 2.24) is 10.2 Å². The van der Waals surface area contributed by atoms with E-state index in [1.165, 1.54) is 18.2 Å². The maximum atomic E-state index is 12.0. The van der Waals surface area contributed by atoms with E-state index in [2.05, 4.69) is 10.2 Å². The minimum atomic E-state index is -0.823. The van der Waals surface area contributed by atoms with Crippen molar-refractivity contribution in [3.8, 4) is 23.0 Å². The Balaban J connectivity index is 1.59. The highest BCUT2D eigenvalue weighted by Gasteiger charge is 2.21. The molecule has 0 radical (unpaired) electrons. The molecule has 0 saturated heterocycles. The molecule has 1 heterocycles. The molecule has 0 aliphatic heterocycles. The summed E-state index contributed by atoms with van der Waals surface area (Å²) in [5, 5.41) is 18.8. The molecule has 0 amide bonds. The Morgan fingerprint density at radius 2 is 1.90 bits per heavy atom. The zero-order valence-corrected chi connectivity index (χ0v) is 15.6. The summed E-state index contributed by atoms with van der Waals surface area (Å²) in [6.45, 7) is 1.06. The molecule has 10 heteroatoms. The first-order chi connectivity index (χ1) is 14.0. The number of nitro benzene ring substituents is 1. The number of nitro groups is 1. The number of carbonyl (C=O) groups is 1. The number of benzene rings is 2. The number of nitrogens with zero attached hydrogens (tertiary/aromatic N) is 3. The minimum Gasteiger partial charge on any atom is -0.497 e. The standard InChI is InChI=1S/C19H17N3O7/c1-12(18-20-21-19(29-18)13-7-9-14(26-2)10-8-13)28-17(23)11-27-16-6-4-3-5-15(16)22(24)25/h3-10,12H,11H2,1-2H3/t12-/m1/s1. The fraction of sp³-hybridized carbons (Fsp3) is 0.211. The molecule has 3 aromatic rings. The van der Waals surface area contributed by atoms with E-state index < -0.39 is 23.6 Å². The maximum Gasteiger partial charge on any atom is 0.344 e. The van der Waals surface area contributed by atoms with E-state index in [0.717, 1.165) is 0 Å². The maximum absolute atomic E-state index is 12.0. The van der Waals surface area contributed by atoms with Gasteiger partial charge in [-0.3, -0.25) is 10.1 Å². The molecule has 0 aliphatic rings. The highest BCUT2D eigenvalue weighted by molar-refractivity contribution is 5.71. The van der Waals surface area contributed by atoms with Crippen molar-refractivity contribution >= 4 is 11.7 Å². The summed E-state index contributed by atoms with van der Waals surface area (Å²) in [6.07, 6.45) is -0.823. The first kappa shape index (κ1) is 19.8. The molecule has 3 rings (SSSR count). The Hall–Kier alpha value is -3.95. The van der Waals surface area contributed by atoms with Crippen LogP contribution in [0.25, 0.3) is 11.5 Å². The lowest BCUT2D eigenvalue weighted by Crippen LogP contribution is -2.17. The summed E-state index contributed by atoms with van der Waals surface area (Å²) in [7, 11) is 1.57. The first-order valence-corrected chi connectivity index (χ1v) is 8.51. The lowest BCUT2D eigenvalue weighted by Gasteiger charge is -2.10. The summed E-state index contributed by atoms with van der Waals surface area (Å²) >= 11 is 0. The van der Waals surface area contributed by atoms with Crippen LogP contribution in [-0.2, 0) is 9.53 Å². The SMILES string of the molecule is COc1ccc(-c2nnc([C@@H](C)OC(=O)COc3ccccc3[N+](=O)[O-])o2)cc1. The van der Waals surface area contributed by atoms with Gasteiger partial charge in [-0.05, 0) is 37.3 Å². The monoisotopic (exact) mass is 399 g/mol. The third-order valence-corrected chi connectivity index (χ3v) is 3.84. The molecule has 150 valence electrons. The summed E-state index contributed by atoms with van der Waals surface area (Å²) in [5.41, 5.74) is 0.442. The van der Waals surface area contributed by atoms with Crippen molar-refractivity contribution in [3.05, 3.63) is 64.5 Å². The van der Waals surface area contributed by atoms with Gasteiger partial charge in [0.05, 0.1) is 12.0 Å². The Morgan fingerprint density at radius 1 is 1.17 bits per heavy atom. The highest BCUT2D eigenvalue weighted by Crippen LogP contribution is 2.26. The van der Waals surface area contributed by atoms with Crippen LogP contribution in [0.15, 0.2) is 52.9 Å². The molecule has 0 aliphatic carbocycles. The average molecular weight is 399 g/mol. The van der Waals surface area contributed by atoms with E-state index in [1.54, 1.807) is 44.4 Å². The van der Waals surface area contributed by atoms with Crippen molar-refractivity contribution in [1.29, 1.82) is 0 Å². The van der Waals surface area contributed by atoms with Gasteiger partial charge in [-0.2, -0.15) is 0 Å². The zero-order chi connectivity index (χ0) is 20.8. The van der Waals surface area contributed by atoms with E-state index in [9.17, 15) is 14.9 Å². The number of aromatic nitrogens is 2. The summed E-state index contributed by atoms with van der Waals surface area (Å²) in [6, 6.07) is 12.8. The molecule has 1 atom stereocenters. The normalized spacial score (nSPS) is 11.5. The quantitative estimate of drug-likeness (QED) is 0.318. The van der Waals surface area contributed by atoms with E-state index in [0.29, 0.717) is 11.3 Å². The Morgan fingerprint density at radius 3 is 2.59 bits per heavy atom. The fourth-order valence-electron chi connectivity index (χ4n) is 2.40. The summed E-state index contributed by atoms with van der Waals surface area (Å²) in [5.74, 6) is 0.299. The van der Waals surface area contributed by atoms with Gasteiger partial charge < -0.3 is 18.6 Å². The number of hydrogen-bond donors (Lipinski definition) is 0. The van der Waals surface area contributed by atoms with Crippen LogP contribution in [0.1, 0.15) is 18.9 Å². The first-order valence-electron chi connectivity index (χ1n) is 8.51. The van der Waals surface area contributed by atoms with Crippen LogP contribution < -0.4 is 9.47 Å². The van der Waals surface area contributed by atoms with Crippen LogP contribution in [0.4, 0.5) is 5.69 Å². The molecule has 0 saturated carbocycles. The predicted molar refractivity (Wildman–Crippen MR) is 99.4 cm³/mol. The van der Waals surface area contributed by atoms with E-state index in [-0.39, 0.29) is 23.2 Å². The number of esters is 1. The van der Waals surface area contributed by atoms with Crippen LogP contribution in [0.3, 0.4) is 0 Å². The number of hydrogen-bond acceptors (Lipinski definition) is 9. The lowest BCUT2D eigenvalue weighted by atomic mass is 10.2. The van der Waals surface area contributed by atoms with Gasteiger partial charge in [-0.25, -0.2) is 4.79 Å². The predicted octanol–water partition coefficient (Wildman–Crippen LogP) is 3.34. The van der Waals surface area contributed by atoms with Crippen LogP contribution in [0.2, 0.25) is 0 Å². The number of ether oxygens (including phenoxy) is 3. The van der Waals surface area contributed by atoms with Gasteiger partial charge in [0.1, 0.15) is 5.75 Å². The van der Waals surface area contributed by atoms with E-state index in [1.807, 2.05) is 0 Å². The molecule has 0 spiro atoms. The van der Waals surface area contributed by atoms with E-state index in [4.69, 9.17) is 18.6 Å². The molecule has 29 heavy (non-hydrogen) atoms. The highest BCUT2D eigenvalue weighted by atomic mass is 16.6. The van der Waals surface area contributed by atoms with Gasteiger partial charge in [0, 0.05) is 11.6 Å². The van der Waals surface area contributed by atoms with Gasteiger partial charge in [0.15, 0.2) is 18.5 Å². The van der Waals surface area contributed by atoms with Crippen molar-refractivity contribution in [2.75, 3.05) is 13.7 Å². The van der Waals surface area contributed by atoms with Crippen LogP contribution in [-0.4, -0.2) is 34.8 Å². The Kier molecular flexibility index (Phi) is 6.03. The Bertz CT molecular complexity index is 1000. The molecule has 10 nitrogen and oxygen atoms in total. The number of methoxy groups -OCH3 is 1. The number of para-hydroxylation sites is 2. The van der Waals surface area contributed by atoms with Gasteiger partial charge >= 0.3 is 11.7 Å². The number of rotatable bonds is 8. The third-order valence-electron chi connectivity index (χ3n) is 3.84. The third kappa shape index (κ3) is 4.86. The van der Waals surface area contributed by atoms with Crippen LogP contribution in [0, 0.1) is 10.1 Å². The van der Waals surface area contributed by atoms with Crippen molar-refractivity contribution in [2.24, 2.45) is 0 Å². The van der Waals surface area contributed by atoms with Crippen molar-refractivity contribution < 1.29 is 28.3 Å². The second kappa shape index (κ2) is 8.83. The molecule has 0 unspecified atom stereocenters. The average Bonchev–Trinajstić information content (AvgIpc) is 3.23. The molecular weight excluding hydrogens is 382 g/mol. The molecule has 0 N–H and O–H groups in total. The van der Waals surface area contributed by atoms with Crippen LogP contribution in [0.5, 0.6) is 11.5 Å². The second-order valence-corrected chi connectivity index (χ2v) is 5.82. The number of carbonyl (C=O) groups excluding carboxylic acids is 1. The molecule has 0 fully saturated rings. The summed E-state index contributed by atoms with van der Waals surface area (Å²) < 4.78 is 21.0. The fourth-order valence-corrected chi connectivity index (χ4v) is 2.40.